The molecule has 0 aliphatic rings. The zero-order chi connectivity index (χ0) is 14.8. The number of nitrogens with two attached hydrogens (primary N) is 1. The molecule has 4 N–H and O–H groups in total. The van der Waals surface area contributed by atoms with Crippen LogP contribution in [0, 0.1) is 11.3 Å². The van der Waals surface area contributed by atoms with Crippen LogP contribution in [0.1, 0.15) is 0 Å². The van der Waals surface area contributed by atoms with E-state index in [9.17, 15) is 13.5 Å². The normalized spacial score (nSPS) is 10.9. The lowest BCUT2D eigenvalue weighted by atomic mass is 10.1. The summed E-state index contributed by atoms with van der Waals surface area (Å²) in [7, 11) is -3.70. The molecule has 0 aliphatic heterocycles. The number of benzene rings is 1. The third-order valence-electron chi connectivity index (χ3n) is 2.32. The van der Waals surface area contributed by atoms with Gasteiger partial charge in [0.15, 0.2) is 10.9 Å². The molecular formula is C11H10N4O3S2. The summed E-state index contributed by atoms with van der Waals surface area (Å²) in [6, 6.07) is 6.16. The van der Waals surface area contributed by atoms with Crippen LogP contribution < -0.4 is 10.5 Å². The molecule has 0 fully saturated rings. The van der Waals surface area contributed by atoms with Crippen LogP contribution in [0.5, 0.6) is 5.75 Å². The molecule has 9 heteroatoms. The van der Waals surface area contributed by atoms with Crippen molar-refractivity contribution < 1.29 is 13.5 Å². The minimum atomic E-state index is -3.70. The summed E-state index contributed by atoms with van der Waals surface area (Å²) in [5.41, 5.74) is 6.97. The number of rotatable bonds is 4. The molecule has 20 heavy (non-hydrogen) atoms. The van der Waals surface area contributed by atoms with Gasteiger partial charge in [-0.2, -0.15) is 5.26 Å². The molecular weight excluding hydrogens is 300 g/mol. The first kappa shape index (κ1) is 14.1. The van der Waals surface area contributed by atoms with Crippen molar-refractivity contribution >= 4 is 32.2 Å². The van der Waals surface area contributed by atoms with E-state index in [0.717, 1.165) is 11.3 Å². The van der Waals surface area contributed by atoms with Crippen molar-refractivity contribution in [2.45, 2.75) is 0 Å². The number of anilines is 2. The van der Waals surface area contributed by atoms with Gasteiger partial charge >= 0.3 is 0 Å². The van der Waals surface area contributed by atoms with Crippen LogP contribution in [0.3, 0.4) is 0 Å². The average Bonchev–Trinajstić information content (AvgIpc) is 2.80. The predicted molar refractivity (Wildman–Crippen MR) is 76.6 cm³/mol. The van der Waals surface area contributed by atoms with E-state index in [2.05, 4.69) is 9.71 Å². The Morgan fingerprint density at radius 1 is 1.50 bits per heavy atom. The summed E-state index contributed by atoms with van der Waals surface area (Å²) in [4.78, 5) is 4.10. The predicted octanol–water partition coefficient (Wildman–Crippen LogP) is 1.36. The summed E-state index contributed by atoms with van der Waals surface area (Å²) in [5.74, 6) is -0.660. The van der Waals surface area contributed by atoms with E-state index in [-0.39, 0.29) is 16.6 Å². The largest absolute Gasteiger partial charge is 0.506 e. The van der Waals surface area contributed by atoms with Crippen molar-refractivity contribution in [3.63, 3.8) is 0 Å². The molecule has 7 nitrogen and oxygen atoms in total. The van der Waals surface area contributed by atoms with Crippen LogP contribution in [0.2, 0.25) is 0 Å². The minimum absolute atomic E-state index is 0.0288. The van der Waals surface area contributed by atoms with E-state index >= 15 is 0 Å². The number of aromatic hydroxyl groups is 1. The third-order valence-corrected chi connectivity index (χ3v) is 4.23. The maximum atomic E-state index is 11.4. The molecule has 0 aliphatic carbocycles. The quantitative estimate of drug-likeness (QED) is 0.577. The second-order valence-corrected chi connectivity index (χ2v) is 6.41. The molecule has 1 aromatic heterocycles. The van der Waals surface area contributed by atoms with Crippen molar-refractivity contribution in [3.05, 3.63) is 23.6 Å². The molecule has 0 bridgehead atoms. The molecule has 0 spiro atoms. The summed E-state index contributed by atoms with van der Waals surface area (Å²) in [5, 5.41) is 19.6. The highest BCUT2D eigenvalue weighted by Gasteiger charge is 2.13. The molecule has 0 saturated heterocycles. The van der Waals surface area contributed by atoms with E-state index in [1.807, 2.05) is 0 Å². The topological polar surface area (TPSA) is 129 Å². The van der Waals surface area contributed by atoms with Gasteiger partial charge in [0.1, 0.15) is 5.75 Å². The fourth-order valence-electron chi connectivity index (χ4n) is 1.42. The van der Waals surface area contributed by atoms with Crippen LogP contribution in [0.4, 0.5) is 10.8 Å². The fourth-order valence-corrected chi connectivity index (χ4v) is 3.11. The first-order valence-corrected chi connectivity index (χ1v) is 7.86. The van der Waals surface area contributed by atoms with E-state index in [1.165, 1.54) is 12.1 Å². The standard InChI is InChI=1S/C11H10N4O3S2/c12-3-4-20(17,18)15-11-14-9(6-19-11)7-1-2-10(16)8(13)5-7/h1-2,5-6,16H,4,13H2,(H,14,15). The number of hydrogen-bond donors (Lipinski definition) is 3. The number of hydrogen-bond acceptors (Lipinski definition) is 7. The first-order valence-electron chi connectivity index (χ1n) is 5.33. The summed E-state index contributed by atoms with van der Waals surface area (Å²) < 4.78 is 25.1. The number of nitrogens with zero attached hydrogens (tertiary/aromatic N) is 2. The Labute approximate surface area is 119 Å². The van der Waals surface area contributed by atoms with Gasteiger partial charge in [-0.1, -0.05) is 0 Å². The lowest BCUT2D eigenvalue weighted by molar-refractivity contribution is 0.478. The minimum Gasteiger partial charge on any atom is -0.506 e. The summed E-state index contributed by atoms with van der Waals surface area (Å²) in [6.07, 6.45) is 0. The monoisotopic (exact) mass is 310 g/mol. The van der Waals surface area contributed by atoms with Crippen LogP contribution in [0.25, 0.3) is 11.3 Å². The number of thiazole rings is 1. The highest BCUT2D eigenvalue weighted by atomic mass is 32.2. The SMILES string of the molecule is N#CCS(=O)(=O)Nc1nc(-c2ccc(O)c(N)c2)cs1. The second-order valence-electron chi connectivity index (χ2n) is 3.83. The molecule has 104 valence electrons. The van der Waals surface area contributed by atoms with Crippen molar-refractivity contribution in [3.8, 4) is 23.1 Å². The van der Waals surface area contributed by atoms with Crippen LogP contribution >= 0.6 is 11.3 Å². The number of phenolic OH excluding ortho intramolecular Hbond substituents is 1. The molecule has 0 unspecified atom stereocenters. The number of sulfonamides is 1. The van der Waals surface area contributed by atoms with Gasteiger partial charge in [0.2, 0.25) is 10.0 Å². The number of aromatic nitrogens is 1. The van der Waals surface area contributed by atoms with Gasteiger partial charge in [0.05, 0.1) is 17.5 Å². The Morgan fingerprint density at radius 3 is 2.90 bits per heavy atom. The second kappa shape index (κ2) is 5.36. The third kappa shape index (κ3) is 3.17. The van der Waals surface area contributed by atoms with Gasteiger partial charge in [0, 0.05) is 10.9 Å². The Hall–Kier alpha value is -2.31. The van der Waals surface area contributed by atoms with Crippen LogP contribution in [0.15, 0.2) is 23.6 Å². The maximum Gasteiger partial charge on any atom is 0.247 e. The number of nitrogen functional groups attached to an aromatic ring is 1. The van der Waals surface area contributed by atoms with E-state index in [1.54, 1.807) is 17.5 Å². The van der Waals surface area contributed by atoms with Crippen molar-refractivity contribution in [2.75, 3.05) is 16.2 Å². The zero-order valence-corrected chi connectivity index (χ0v) is 11.7. The average molecular weight is 310 g/mol. The molecule has 0 amide bonds. The lowest BCUT2D eigenvalue weighted by Crippen LogP contribution is -2.15. The van der Waals surface area contributed by atoms with Gasteiger partial charge in [0.25, 0.3) is 0 Å². The van der Waals surface area contributed by atoms with Crippen molar-refractivity contribution in [1.82, 2.24) is 4.98 Å². The highest BCUT2D eigenvalue weighted by molar-refractivity contribution is 7.93. The van der Waals surface area contributed by atoms with Gasteiger partial charge in [-0.15, -0.1) is 11.3 Å². The first-order chi connectivity index (χ1) is 9.41. The Morgan fingerprint density at radius 2 is 2.25 bits per heavy atom. The van der Waals surface area contributed by atoms with Crippen LogP contribution in [-0.2, 0) is 10.0 Å². The molecule has 2 aromatic rings. The molecule has 1 heterocycles. The number of phenols is 1. The fraction of sp³-hybridized carbons (Fsp3) is 0.0909. The molecule has 0 radical (unpaired) electrons. The molecule has 2 rings (SSSR count). The maximum absolute atomic E-state index is 11.4. The number of nitrogens with one attached hydrogen (secondary N) is 1. The van der Waals surface area contributed by atoms with Gasteiger partial charge < -0.3 is 10.8 Å². The molecule has 0 atom stereocenters. The summed E-state index contributed by atoms with van der Waals surface area (Å²) in [6.45, 7) is 0. The van der Waals surface area contributed by atoms with Gasteiger partial charge in [-0.25, -0.2) is 13.4 Å². The van der Waals surface area contributed by atoms with Crippen molar-refractivity contribution in [1.29, 1.82) is 5.26 Å². The summed E-state index contributed by atoms with van der Waals surface area (Å²) >= 11 is 1.09. The molecule has 1 aromatic carbocycles. The van der Waals surface area contributed by atoms with E-state index in [4.69, 9.17) is 11.0 Å². The smallest absolute Gasteiger partial charge is 0.247 e. The highest BCUT2D eigenvalue weighted by Crippen LogP contribution is 2.30. The van der Waals surface area contributed by atoms with E-state index in [0.29, 0.717) is 11.3 Å². The van der Waals surface area contributed by atoms with Gasteiger partial charge in [-0.3, -0.25) is 4.72 Å². The van der Waals surface area contributed by atoms with Gasteiger partial charge in [-0.05, 0) is 18.2 Å². The molecule has 0 saturated carbocycles. The Balaban J connectivity index is 2.25. The lowest BCUT2D eigenvalue weighted by Gasteiger charge is -2.02. The van der Waals surface area contributed by atoms with E-state index < -0.39 is 15.8 Å². The van der Waals surface area contributed by atoms with Crippen LogP contribution in [-0.4, -0.2) is 24.3 Å². The number of nitriles is 1. The zero-order valence-electron chi connectivity index (χ0n) is 10.1. The Kier molecular flexibility index (Phi) is 3.78. The van der Waals surface area contributed by atoms with Crippen molar-refractivity contribution in [2.24, 2.45) is 0 Å². The Bertz CT molecular complexity index is 777.